The maximum absolute atomic E-state index is 5.67. The predicted molar refractivity (Wildman–Crippen MR) is 81.9 cm³/mol. The first kappa shape index (κ1) is 14.2. The van der Waals surface area contributed by atoms with Gasteiger partial charge in [0, 0.05) is 6.04 Å². The molecule has 0 spiro atoms. The summed E-state index contributed by atoms with van der Waals surface area (Å²) in [5.74, 6) is 2.91. The smallest absolute Gasteiger partial charge is 0.0691 e. The molecule has 1 aliphatic rings. The molecule has 1 N–H and O–H groups in total. The molecule has 2 atom stereocenters. The summed E-state index contributed by atoms with van der Waals surface area (Å²) in [7, 11) is 0. The molecule has 0 saturated heterocycles. The highest BCUT2D eigenvalue weighted by molar-refractivity contribution is 5.34. The van der Waals surface area contributed by atoms with Crippen LogP contribution in [0.2, 0.25) is 0 Å². The topological polar surface area (TPSA) is 12.0 Å². The normalized spacial score (nSPS) is 22.3. The second-order valence-corrected chi connectivity index (χ2v) is 6.30. The quantitative estimate of drug-likeness (QED) is 0.799. The zero-order valence-electron chi connectivity index (χ0n) is 12.4. The number of aryl methyl sites for hydroxylation is 1. The minimum atomic E-state index is 0.181. The van der Waals surface area contributed by atoms with Gasteiger partial charge in [-0.25, -0.2) is 0 Å². The lowest BCUT2D eigenvalue weighted by Gasteiger charge is -2.42. The Hall–Kier alpha value is -1.26. The standard InChI is InChI=1S/C18H25N/c1-5-9-15(6-2)19-17-16-11-8-7-10-14(16)12-13-18(17,3)4/h2,7-8,10-11,15,17,19H,5,9,12-13H2,1,3-4H3. The monoisotopic (exact) mass is 255 g/mol. The molecular formula is C18H25N. The molecular weight excluding hydrogens is 230 g/mol. The van der Waals surface area contributed by atoms with Crippen molar-refractivity contribution in [2.24, 2.45) is 5.41 Å². The van der Waals surface area contributed by atoms with E-state index in [-0.39, 0.29) is 11.5 Å². The van der Waals surface area contributed by atoms with Crippen LogP contribution >= 0.6 is 0 Å². The number of hydrogen-bond acceptors (Lipinski definition) is 1. The second kappa shape index (κ2) is 5.80. The summed E-state index contributed by atoms with van der Waals surface area (Å²) < 4.78 is 0. The average Bonchev–Trinajstić information content (AvgIpc) is 2.41. The molecule has 1 aromatic carbocycles. The van der Waals surface area contributed by atoms with Crippen LogP contribution in [0.5, 0.6) is 0 Å². The molecule has 0 radical (unpaired) electrons. The van der Waals surface area contributed by atoms with E-state index in [2.05, 4.69) is 56.3 Å². The minimum absolute atomic E-state index is 0.181. The van der Waals surface area contributed by atoms with Crippen LogP contribution in [0.3, 0.4) is 0 Å². The van der Waals surface area contributed by atoms with Crippen molar-refractivity contribution in [3.8, 4) is 12.3 Å². The summed E-state index contributed by atoms with van der Waals surface area (Å²) in [5.41, 5.74) is 3.18. The Bertz CT molecular complexity index is 467. The van der Waals surface area contributed by atoms with Gasteiger partial charge in [0.1, 0.15) is 0 Å². The minimum Gasteiger partial charge on any atom is -0.296 e. The molecule has 0 bridgehead atoms. The number of nitrogens with one attached hydrogen (secondary N) is 1. The molecule has 1 aliphatic carbocycles. The fourth-order valence-electron chi connectivity index (χ4n) is 3.09. The molecule has 1 nitrogen and oxygen atoms in total. The van der Waals surface area contributed by atoms with Crippen molar-refractivity contribution < 1.29 is 0 Å². The molecule has 0 saturated carbocycles. The van der Waals surface area contributed by atoms with Crippen LogP contribution in [0, 0.1) is 17.8 Å². The Morgan fingerprint density at radius 1 is 1.42 bits per heavy atom. The first-order valence-corrected chi connectivity index (χ1v) is 7.38. The fraction of sp³-hybridized carbons (Fsp3) is 0.556. The Morgan fingerprint density at radius 2 is 2.16 bits per heavy atom. The van der Waals surface area contributed by atoms with Gasteiger partial charge in [-0.1, -0.05) is 57.4 Å². The van der Waals surface area contributed by atoms with Crippen LogP contribution in [-0.4, -0.2) is 6.04 Å². The van der Waals surface area contributed by atoms with Crippen molar-refractivity contribution >= 4 is 0 Å². The van der Waals surface area contributed by atoms with Gasteiger partial charge in [-0.3, -0.25) is 5.32 Å². The van der Waals surface area contributed by atoms with E-state index >= 15 is 0 Å². The van der Waals surface area contributed by atoms with Gasteiger partial charge >= 0.3 is 0 Å². The molecule has 0 amide bonds. The van der Waals surface area contributed by atoms with E-state index in [4.69, 9.17) is 6.42 Å². The van der Waals surface area contributed by atoms with Crippen molar-refractivity contribution in [3.05, 3.63) is 35.4 Å². The predicted octanol–water partition coefficient (Wildman–Crippen LogP) is 4.09. The summed E-state index contributed by atoms with van der Waals surface area (Å²) in [6.07, 6.45) is 10.2. The van der Waals surface area contributed by atoms with E-state index < -0.39 is 0 Å². The van der Waals surface area contributed by atoms with E-state index in [0.717, 1.165) is 12.8 Å². The number of benzene rings is 1. The van der Waals surface area contributed by atoms with Gasteiger partial charge in [0.25, 0.3) is 0 Å². The van der Waals surface area contributed by atoms with Gasteiger partial charge in [-0.15, -0.1) is 6.42 Å². The lowest BCUT2D eigenvalue weighted by atomic mass is 9.70. The van der Waals surface area contributed by atoms with Crippen molar-refractivity contribution in [1.82, 2.24) is 5.32 Å². The number of hydrogen-bond donors (Lipinski definition) is 1. The third kappa shape index (κ3) is 3.01. The van der Waals surface area contributed by atoms with E-state index in [1.54, 1.807) is 0 Å². The maximum atomic E-state index is 5.67. The van der Waals surface area contributed by atoms with Crippen molar-refractivity contribution in [2.45, 2.75) is 58.5 Å². The third-order valence-electron chi connectivity index (χ3n) is 4.33. The van der Waals surface area contributed by atoms with Crippen LogP contribution in [-0.2, 0) is 6.42 Å². The fourth-order valence-corrected chi connectivity index (χ4v) is 3.09. The van der Waals surface area contributed by atoms with Crippen LogP contribution in [0.15, 0.2) is 24.3 Å². The van der Waals surface area contributed by atoms with Crippen molar-refractivity contribution in [3.63, 3.8) is 0 Å². The van der Waals surface area contributed by atoms with Gasteiger partial charge in [0.2, 0.25) is 0 Å². The molecule has 19 heavy (non-hydrogen) atoms. The zero-order valence-corrected chi connectivity index (χ0v) is 12.4. The van der Waals surface area contributed by atoms with E-state index in [1.165, 1.54) is 24.0 Å². The van der Waals surface area contributed by atoms with Gasteiger partial charge in [-0.05, 0) is 35.8 Å². The van der Waals surface area contributed by atoms with E-state index in [1.807, 2.05) is 0 Å². The molecule has 0 aromatic heterocycles. The molecule has 1 heteroatoms. The largest absolute Gasteiger partial charge is 0.296 e. The molecule has 0 fully saturated rings. The van der Waals surface area contributed by atoms with Gasteiger partial charge < -0.3 is 0 Å². The summed E-state index contributed by atoms with van der Waals surface area (Å²) in [4.78, 5) is 0. The summed E-state index contributed by atoms with van der Waals surface area (Å²) in [5, 5.41) is 3.72. The highest BCUT2D eigenvalue weighted by Crippen LogP contribution is 2.43. The maximum Gasteiger partial charge on any atom is 0.0691 e. The lowest BCUT2D eigenvalue weighted by Crippen LogP contribution is -2.42. The SMILES string of the molecule is C#CC(CCC)NC1c2ccccc2CCC1(C)C. The van der Waals surface area contributed by atoms with Gasteiger partial charge in [0.05, 0.1) is 6.04 Å². The van der Waals surface area contributed by atoms with Gasteiger partial charge in [0.15, 0.2) is 0 Å². The Kier molecular flexibility index (Phi) is 4.32. The average molecular weight is 255 g/mol. The Balaban J connectivity index is 2.28. The Morgan fingerprint density at radius 3 is 2.84 bits per heavy atom. The van der Waals surface area contributed by atoms with Crippen LogP contribution < -0.4 is 5.32 Å². The molecule has 0 aliphatic heterocycles. The summed E-state index contributed by atoms with van der Waals surface area (Å²) in [6.45, 7) is 6.88. The molecule has 2 rings (SSSR count). The third-order valence-corrected chi connectivity index (χ3v) is 4.33. The first-order valence-electron chi connectivity index (χ1n) is 7.38. The summed E-state index contributed by atoms with van der Waals surface area (Å²) in [6, 6.07) is 9.33. The molecule has 102 valence electrons. The molecule has 0 heterocycles. The van der Waals surface area contributed by atoms with Crippen molar-refractivity contribution in [2.75, 3.05) is 0 Å². The summed E-state index contributed by atoms with van der Waals surface area (Å²) >= 11 is 0. The molecule has 2 unspecified atom stereocenters. The number of terminal acetylenes is 1. The number of fused-ring (bicyclic) bond motifs is 1. The van der Waals surface area contributed by atoms with Crippen molar-refractivity contribution in [1.29, 1.82) is 0 Å². The van der Waals surface area contributed by atoms with Crippen LogP contribution in [0.1, 0.15) is 57.2 Å². The van der Waals surface area contributed by atoms with Gasteiger partial charge in [-0.2, -0.15) is 0 Å². The second-order valence-electron chi connectivity index (χ2n) is 6.30. The van der Waals surface area contributed by atoms with E-state index in [0.29, 0.717) is 6.04 Å². The highest BCUT2D eigenvalue weighted by Gasteiger charge is 2.36. The van der Waals surface area contributed by atoms with Crippen LogP contribution in [0.4, 0.5) is 0 Å². The number of rotatable bonds is 4. The lowest BCUT2D eigenvalue weighted by molar-refractivity contribution is 0.200. The Labute approximate surface area is 117 Å². The van der Waals surface area contributed by atoms with E-state index in [9.17, 15) is 0 Å². The highest BCUT2D eigenvalue weighted by atomic mass is 15.0. The van der Waals surface area contributed by atoms with Crippen LogP contribution in [0.25, 0.3) is 0 Å². The first-order chi connectivity index (χ1) is 9.08. The molecule has 1 aromatic rings. The zero-order chi connectivity index (χ0) is 13.9.